The van der Waals surface area contributed by atoms with Gasteiger partial charge in [0, 0.05) is 25.3 Å². The first-order valence-corrected chi connectivity index (χ1v) is 9.46. The van der Waals surface area contributed by atoms with Crippen molar-refractivity contribution in [3.8, 4) is 0 Å². The van der Waals surface area contributed by atoms with Crippen molar-refractivity contribution >= 4 is 22.9 Å². The molecule has 0 aromatic carbocycles. The van der Waals surface area contributed by atoms with Crippen molar-refractivity contribution in [2.75, 3.05) is 0 Å². The smallest absolute Gasteiger partial charge is 0.355 e. The summed E-state index contributed by atoms with van der Waals surface area (Å²) in [6, 6.07) is 4.23. The second kappa shape index (κ2) is 7.17. The van der Waals surface area contributed by atoms with Crippen LogP contribution in [-0.4, -0.2) is 44.1 Å². The van der Waals surface area contributed by atoms with Crippen LogP contribution in [0.4, 0.5) is 0 Å². The Morgan fingerprint density at radius 1 is 1.19 bits per heavy atom. The Hall–Kier alpha value is -2.24. The molecule has 6 heteroatoms. The fourth-order valence-corrected chi connectivity index (χ4v) is 4.01. The van der Waals surface area contributed by atoms with E-state index in [9.17, 15) is 9.59 Å². The van der Waals surface area contributed by atoms with E-state index < -0.39 is 0 Å². The molecular formula is C20H29N3O3. The van der Waals surface area contributed by atoms with Crippen LogP contribution < -0.4 is 0 Å². The maximum atomic E-state index is 13.1. The Bertz CT molecular complexity index is 808. The molecule has 0 unspecified atom stereocenters. The SMILES string of the molecule is CC(C)OC(=O)c1cc2c(ccn2C)n1CC(=O)N1[C@H](C)CCC[C@@H]1C. The monoisotopic (exact) mass is 359 g/mol. The number of hydrogen-bond donors (Lipinski definition) is 0. The third kappa shape index (κ3) is 3.37. The van der Waals surface area contributed by atoms with Crippen molar-refractivity contribution in [3.63, 3.8) is 0 Å². The minimum Gasteiger partial charge on any atom is -0.458 e. The lowest BCUT2D eigenvalue weighted by Crippen LogP contribution is -2.48. The topological polar surface area (TPSA) is 56.5 Å². The number of carbonyl (C=O) groups is 2. The predicted octanol–water partition coefficient (Wildman–Crippen LogP) is 3.33. The third-order valence-electron chi connectivity index (χ3n) is 5.28. The highest BCUT2D eigenvalue weighted by molar-refractivity contribution is 5.96. The van der Waals surface area contributed by atoms with Gasteiger partial charge in [-0.05, 0) is 59.1 Å². The third-order valence-corrected chi connectivity index (χ3v) is 5.28. The predicted molar refractivity (Wildman–Crippen MR) is 101 cm³/mol. The molecule has 2 atom stereocenters. The zero-order valence-corrected chi connectivity index (χ0v) is 16.4. The molecule has 142 valence electrons. The highest BCUT2D eigenvalue weighted by Crippen LogP contribution is 2.25. The highest BCUT2D eigenvalue weighted by Gasteiger charge is 2.30. The van der Waals surface area contributed by atoms with E-state index in [1.54, 1.807) is 4.57 Å². The van der Waals surface area contributed by atoms with Crippen LogP contribution >= 0.6 is 0 Å². The van der Waals surface area contributed by atoms with Gasteiger partial charge in [-0.25, -0.2) is 4.79 Å². The Morgan fingerprint density at radius 2 is 1.85 bits per heavy atom. The summed E-state index contributed by atoms with van der Waals surface area (Å²) in [6.45, 7) is 8.02. The number of nitrogens with zero attached hydrogens (tertiary/aromatic N) is 3. The lowest BCUT2D eigenvalue weighted by atomic mass is 9.97. The maximum absolute atomic E-state index is 13.1. The van der Waals surface area contributed by atoms with Crippen LogP contribution in [-0.2, 0) is 23.1 Å². The van der Waals surface area contributed by atoms with Gasteiger partial charge in [-0.15, -0.1) is 0 Å². The zero-order valence-electron chi connectivity index (χ0n) is 16.4. The number of amides is 1. The lowest BCUT2D eigenvalue weighted by molar-refractivity contribution is -0.137. The summed E-state index contributed by atoms with van der Waals surface area (Å²) in [4.78, 5) is 27.6. The largest absolute Gasteiger partial charge is 0.458 e. The Morgan fingerprint density at radius 3 is 2.46 bits per heavy atom. The molecule has 2 aromatic heterocycles. The Kier molecular flexibility index (Phi) is 5.12. The van der Waals surface area contributed by atoms with Gasteiger partial charge >= 0.3 is 5.97 Å². The number of hydrogen-bond acceptors (Lipinski definition) is 3. The number of aromatic nitrogens is 2. The van der Waals surface area contributed by atoms with Gasteiger partial charge < -0.3 is 18.8 Å². The van der Waals surface area contributed by atoms with Crippen LogP contribution in [0.2, 0.25) is 0 Å². The van der Waals surface area contributed by atoms with Crippen LogP contribution in [0.3, 0.4) is 0 Å². The molecule has 26 heavy (non-hydrogen) atoms. The lowest BCUT2D eigenvalue weighted by Gasteiger charge is -2.39. The summed E-state index contributed by atoms with van der Waals surface area (Å²) in [5.74, 6) is -0.326. The van der Waals surface area contributed by atoms with E-state index in [-0.39, 0.29) is 36.6 Å². The van der Waals surface area contributed by atoms with E-state index in [4.69, 9.17) is 4.74 Å². The fraction of sp³-hybridized carbons (Fsp3) is 0.600. The highest BCUT2D eigenvalue weighted by atomic mass is 16.5. The number of esters is 1. The van der Waals surface area contributed by atoms with Crippen molar-refractivity contribution in [1.29, 1.82) is 0 Å². The van der Waals surface area contributed by atoms with Crippen molar-refractivity contribution in [2.45, 2.75) is 71.7 Å². The van der Waals surface area contributed by atoms with Gasteiger partial charge in [-0.2, -0.15) is 0 Å². The van der Waals surface area contributed by atoms with E-state index in [1.807, 2.05) is 48.7 Å². The molecule has 3 heterocycles. The summed E-state index contributed by atoms with van der Waals surface area (Å²) >= 11 is 0. The van der Waals surface area contributed by atoms with Crippen molar-refractivity contribution in [1.82, 2.24) is 14.0 Å². The van der Waals surface area contributed by atoms with Crippen LogP contribution in [0.15, 0.2) is 18.3 Å². The number of carbonyl (C=O) groups excluding carboxylic acids is 2. The van der Waals surface area contributed by atoms with E-state index in [2.05, 4.69) is 13.8 Å². The van der Waals surface area contributed by atoms with Gasteiger partial charge in [0.25, 0.3) is 0 Å². The van der Waals surface area contributed by atoms with Gasteiger partial charge in [-0.3, -0.25) is 4.79 Å². The maximum Gasteiger partial charge on any atom is 0.355 e. The molecule has 0 N–H and O–H groups in total. The molecule has 1 fully saturated rings. The minimum atomic E-state index is -0.385. The summed E-state index contributed by atoms with van der Waals surface area (Å²) in [6.07, 6.45) is 4.96. The van der Waals surface area contributed by atoms with E-state index >= 15 is 0 Å². The quantitative estimate of drug-likeness (QED) is 0.787. The van der Waals surface area contributed by atoms with Crippen molar-refractivity contribution in [3.05, 3.63) is 24.0 Å². The average Bonchev–Trinajstić information content (AvgIpc) is 3.07. The number of piperidine rings is 1. The van der Waals surface area contributed by atoms with Crippen LogP contribution in [0.25, 0.3) is 11.0 Å². The van der Waals surface area contributed by atoms with E-state index in [0.717, 1.165) is 30.3 Å². The molecule has 2 aromatic rings. The molecule has 0 bridgehead atoms. The summed E-state index contributed by atoms with van der Waals surface area (Å²) in [5, 5.41) is 0. The van der Waals surface area contributed by atoms with E-state index in [0.29, 0.717) is 5.69 Å². The van der Waals surface area contributed by atoms with Crippen molar-refractivity contribution < 1.29 is 14.3 Å². The fourth-order valence-electron chi connectivity index (χ4n) is 4.01. The summed E-state index contributed by atoms with van der Waals surface area (Å²) < 4.78 is 9.15. The molecular weight excluding hydrogens is 330 g/mol. The Labute approximate surface area is 154 Å². The molecule has 3 rings (SSSR count). The van der Waals surface area contributed by atoms with Crippen LogP contribution in [0.1, 0.15) is 57.4 Å². The standard InChI is InChI=1S/C20H29N3O3/c1-13(2)26-20(25)18-11-17-16(9-10-21(17)5)22(18)12-19(24)23-14(3)7-6-8-15(23)4/h9-11,13-15H,6-8,12H2,1-5H3/t14-,15+. The molecule has 1 amide bonds. The number of likely N-dealkylation sites (tertiary alicyclic amines) is 1. The molecule has 0 saturated carbocycles. The first-order chi connectivity index (χ1) is 12.3. The molecule has 0 radical (unpaired) electrons. The van der Waals surface area contributed by atoms with Gasteiger partial charge in [0.05, 0.1) is 17.1 Å². The number of fused-ring (bicyclic) bond motifs is 1. The average molecular weight is 359 g/mol. The van der Waals surface area contributed by atoms with Gasteiger partial charge in [0.15, 0.2) is 0 Å². The summed E-state index contributed by atoms with van der Waals surface area (Å²) in [7, 11) is 1.93. The second-order valence-electron chi connectivity index (χ2n) is 7.70. The minimum absolute atomic E-state index is 0.0599. The van der Waals surface area contributed by atoms with Crippen molar-refractivity contribution in [2.24, 2.45) is 7.05 Å². The van der Waals surface area contributed by atoms with Crippen LogP contribution in [0.5, 0.6) is 0 Å². The van der Waals surface area contributed by atoms with Gasteiger partial charge in [-0.1, -0.05) is 0 Å². The number of aryl methyl sites for hydroxylation is 1. The first-order valence-electron chi connectivity index (χ1n) is 9.46. The summed E-state index contributed by atoms with van der Waals surface area (Å²) in [5.41, 5.74) is 2.24. The second-order valence-corrected chi connectivity index (χ2v) is 7.70. The molecule has 1 saturated heterocycles. The molecule has 1 aliphatic heterocycles. The number of ether oxygens (including phenoxy) is 1. The number of rotatable bonds is 4. The van der Waals surface area contributed by atoms with Crippen LogP contribution in [0, 0.1) is 0 Å². The van der Waals surface area contributed by atoms with Gasteiger partial charge in [0.1, 0.15) is 12.2 Å². The van der Waals surface area contributed by atoms with E-state index in [1.165, 1.54) is 0 Å². The normalized spacial score (nSPS) is 20.8. The molecule has 1 aliphatic rings. The molecule has 6 nitrogen and oxygen atoms in total. The molecule has 0 aliphatic carbocycles. The Balaban J connectivity index is 1.95. The first kappa shape index (κ1) is 18.5. The van der Waals surface area contributed by atoms with Gasteiger partial charge in [0.2, 0.25) is 5.91 Å². The zero-order chi connectivity index (χ0) is 19.0. The molecule has 0 spiro atoms.